The molecule has 1 rings (SSSR count). The SMILES string of the molecule is COc1cc(C)c(NC(=O)/C=N/O)cc1Br. The quantitative estimate of drug-likeness (QED) is 0.508. The van der Waals surface area contributed by atoms with Crippen molar-refractivity contribution in [3.63, 3.8) is 0 Å². The Morgan fingerprint density at radius 3 is 2.88 bits per heavy atom. The Balaban J connectivity index is 2.98. The average molecular weight is 287 g/mol. The van der Waals surface area contributed by atoms with Gasteiger partial charge in [-0.15, -0.1) is 0 Å². The molecule has 0 aromatic heterocycles. The van der Waals surface area contributed by atoms with Gasteiger partial charge in [0.25, 0.3) is 5.91 Å². The number of oxime groups is 1. The number of rotatable bonds is 3. The van der Waals surface area contributed by atoms with Gasteiger partial charge in [0, 0.05) is 5.69 Å². The largest absolute Gasteiger partial charge is 0.496 e. The fraction of sp³-hybridized carbons (Fsp3) is 0.200. The molecule has 5 nitrogen and oxygen atoms in total. The molecule has 2 N–H and O–H groups in total. The van der Waals surface area contributed by atoms with Crippen molar-refractivity contribution in [3.05, 3.63) is 22.2 Å². The van der Waals surface area contributed by atoms with Gasteiger partial charge >= 0.3 is 0 Å². The monoisotopic (exact) mass is 286 g/mol. The Morgan fingerprint density at radius 2 is 2.31 bits per heavy atom. The van der Waals surface area contributed by atoms with Gasteiger partial charge < -0.3 is 15.3 Å². The van der Waals surface area contributed by atoms with Crippen molar-refractivity contribution in [1.82, 2.24) is 0 Å². The van der Waals surface area contributed by atoms with Crippen molar-refractivity contribution in [2.75, 3.05) is 12.4 Å². The van der Waals surface area contributed by atoms with E-state index in [1.165, 1.54) is 0 Å². The second-order valence-electron chi connectivity index (χ2n) is 3.04. The number of ether oxygens (including phenoxy) is 1. The van der Waals surface area contributed by atoms with E-state index in [4.69, 9.17) is 9.94 Å². The molecule has 0 aliphatic rings. The second kappa shape index (κ2) is 5.50. The number of nitrogens with zero attached hydrogens (tertiary/aromatic N) is 1. The van der Waals surface area contributed by atoms with Crippen LogP contribution in [0, 0.1) is 6.92 Å². The molecule has 0 spiro atoms. The normalized spacial score (nSPS) is 10.4. The van der Waals surface area contributed by atoms with E-state index >= 15 is 0 Å². The van der Waals surface area contributed by atoms with Crippen molar-refractivity contribution < 1.29 is 14.7 Å². The summed E-state index contributed by atoms with van der Waals surface area (Å²) >= 11 is 3.31. The Hall–Kier alpha value is -1.56. The second-order valence-corrected chi connectivity index (χ2v) is 3.89. The molecule has 0 saturated heterocycles. The van der Waals surface area contributed by atoms with Crippen molar-refractivity contribution in [3.8, 4) is 5.75 Å². The highest BCUT2D eigenvalue weighted by Crippen LogP contribution is 2.30. The minimum Gasteiger partial charge on any atom is -0.496 e. The zero-order valence-electron chi connectivity index (χ0n) is 8.82. The van der Waals surface area contributed by atoms with Gasteiger partial charge in [-0.05, 0) is 40.5 Å². The topological polar surface area (TPSA) is 70.9 Å². The first-order chi connectivity index (χ1) is 7.58. The number of hydrogen-bond donors (Lipinski definition) is 2. The number of carbonyl (C=O) groups excluding carboxylic acids is 1. The molecule has 0 unspecified atom stereocenters. The number of halogens is 1. The van der Waals surface area contributed by atoms with Crippen LogP contribution in [0.2, 0.25) is 0 Å². The lowest BCUT2D eigenvalue weighted by Gasteiger charge is -2.10. The molecule has 0 aliphatic heterocycles. The molecule has 86 valence electrons. The van der Waals surface area contributed by atoms with Crippen LogP contribution < -0.4 is 10.1 Å². The van der Waals surface area contributed by atoms with Crippen LogP contribution in [0.4, 0.5) is 5.69 Å². The lowest BCUT2D eigenvalue weighted by molar-refractivity contribution is -0.110. The minimum atomic E-state index is -0.498. The molecule has 0 atom stereocenters. The number of carbonyl (C=O) groups is 1. The lowest BCUT2D eigenvalue weighted by Crippen LogP contribution is -2.13. The number of aryl methyl sites for hydroxylation is 1. The fourth-order valence-corrected chi connectivity index (χ4v) is 1.67. The van der Waals surface area contributed by atoms with E-state index < -0.39 is 5.91 Å². The summed E-state index contributed by atoms with van der Waals surface area (Å²) in [5, 5.41) is 13.4. The molecule has 0 heterocycles. The molecular formula is C10H11BrN2O3. The van der Waals surface area contributed by atoms with E-state index in [1.54, 1.807) is 19.2 Å². The lowest BCUT2D eigenvalue weighted by atomic mass is 10.2. The number of methoxy groups -OCH3 is 1. The number of anilines is 1. The zero-order valence-corrected chi connectivity index (χ0v) is 10.4. The third-order valence-corrected chi connectivity index (χ3v) is 2.55. The Labute approximate surface area is 101 Å². The van der Waals surface area contributed by atoms with Crippen LogP contribution >= 0.6 is 15.9 Å². The summed E-state index contributed by atoms with van der Waals surface area (Å²) in [6.07, 6.45) is 0.789. The summed E-state index contributed by atoms with van der Waals surface area (Å²) in [4.78, 5) is 11.2. The third-order valence-electron chi connectivity index (χ3n) is 1.93. The van der Waals surface area contributed by atoms with Crippen molar-refractivity contribution in [2.24, 2.45) is 5.16 Å². The highest BCUT2D eigenvalue weighted by Gasteiger charge is 2.07. The van der Waals surface area contributed by atoms with Crippen LogP contribution in [-0.4, -0.2) is 24.4 Å². The van der Waals surface area contributed by atoms with Gasteiger partial charge in [0.15, 0.2) is 0 Å². The maximum Gasteiger partial charge on any atom is 0.270 e. The first-order valence-corrected chi connectivity index (χ1v) is 5.20. The fourth-order valence-electron chi connectivity index (χ4n) is 1.16. The van der Waals surface area contributed by atoms with Crippen LogP contribution in [0.5, 0.6) is 5.75 Å². The molecule has 0 fully saturated rings. The smallest absolute Gasteiger partial charge is 0.270 e. The van der Waals surface area contributed by atoms with Gasteiger partial charge in [-0.1, -0.05) is 5.16 Å². The van der Waals surface area contributed by atoms with Crippen LogP contribution in [0.1, 0.15) is 5.56 Å². The number of amides is 1. The highest BCUT2D eigenvalue weighted by atomic mass is 79.9. The van der Waals surface area contributed by atoms with Crippen molar-refractivity contribution >= 4 is 33.7 Å². The van der Waals surface area contributed by atoms with E-state index in [1.807, 2.05) is 6.92 Å². The summed E-state index contributed by atoms with van der Waals surface area (Å²) in [5.74, 6) is 0.189. The van der Waals surface area contributed by atoms with E-state index in [0.717, 1.165) is 16.3 Å². The van der Waals surface area contributed by atoms with Gasteiger partial charge in [-0.2, -0.15) is 0 Å². The molecule has 1 aromatic rings. The molecule has 0 bridgehead atoms. The molecule has 0 radical (unpaired) electrons. The zero-order chi connectivity index (χ0) is 12.1. The summed E-state index contributed by atoms with van der Waals surface area (Å²) in [7, 11) is 1.57. The van der Waals surface area contributed by atoms with E-state index in [9.17, 15) is 4.79 Å². The first-order valence-electron chi connectivity index (χ1n) is 4.41. The number of hydrogen-bond acceptors (Lipinski definition) is 4. The Morgan fingerprint density at radius 1 is 1.62 bits per heavy atom. The number of benzene rings is 1. The van der Waals surface area contributed by atoms with E-state index in [2.05, 4.69) is 26.4 Å². The molecular weight excluding hydrogens is 276 g/mol. The Bertz CT molecular complexity index is 432. The summed E-state index contributed by atoms with van der Waals surface area (Å²) in [6.45, 7) is 1.83. The Kier molecular flexibility index (Phi) is 4.30. The summed E-state index contributed by atoms with van der Waals surface area (Å²) < 4.78 is 5.84. The molecule has 1 aromatic carbocycles. The maximum atomic E-state index is 11.2. The highest BCUT2D eigenvalue weighted by molar-refractivity contribution is 9.10. The predicted molar refractivity (Wildman–Crippen MR) is 64.3 cm³/mol. The van der Waals surface area contributed by atoms with Gasteiger partial charge in [0.1, 0.15) is 12.0 Å². The van der Waals surface area contributed by atoms with E-state index in [0.29, 0.717) is 11.4 Å². The van der Waals surface area contributed by atoms with E-state index in [-0.39, 0.29) is 0 Å². The minimum absolute atomic E-state index is 0.498. The standard InChI is InChI=1S/C10H11BrN2O3/c1-6-3-9(16-2)7(11)4-8(6)13-10(14)5-12-15/h3-5,15H,1-2H3,(H,13,14)/b12-5+. The first kappa shape index (κ1) is 12.5. The maximum absolute atomic E-state index is 11.2. The third kappa shape index (κ3) is 2.96. The van der Waals surface area contributed by atoms with Crippen LogP contribution in [0.3, 0.4) is 0 Å². The summed E-state index contributed by atoms with van der Waals surface area (Å²) in [5.41, 5.74) is 1.47. The van der Waals surface area contributed by atoms with Crippen molar-refractivity contribution in [2.45, 2.75) is 6.92 Å². The van der Waals surface area contributed by atoms with Crippen molar-refractivity contribution in [1.29, 1.82) is 0 Å². The van der Waals surface area contributed by atoms with Gasteiger partial charge in [-0.3, -0.25) is 4.79 Å². The van der Waals surface area contributed by atoms with Gasteiger partial charge in [0.2, 0.25) is 0 Å². The molecule has 1 amide bonds. The molecule has 0 aliphatic carbocycles. The average Bonchev–Trinajstić information content (AvgIpc) is 2.23. The molecule has 6 heteroatoms. The molecule has 0 saturated carbocycles. The number of nitrogens with one attached hydrogen (secondary N) is 1. The summed E-state index contributed by atoms with van der Waals surface area (Å²) in [6, 6.07) is 3.51. The van der Waals surface area contributed by atoms with Gasteiger partial charge in [0.05, 0.1) is 11.6 Å². The van der Waals surface area contributed by atoms with Crippen LogP contribution in [0.25, 0.3) is 0 Å². The predicted octanol–water partition coefficient (Wildman–Crippen LogP) is 2.16. The van der Waals surface area contributed by atoms with Crippen LogP contribution in [-0.2, 0) is 4.79 Å². The molecule has 16 heavy (non-hydrogen) atoms. The van der Waals surface area contributed by atoms with Crippen LogP contribution in [0.15, 0.2) is 21.8 Å². The van der Waals surface area contributed by atoms with Gasteiger partial charge in [-0.25, -0.2) is 0 Å².